The Balaban J connectivity index is 2.63. The van der Waals surface area contributed by atoms with Gasteiger partial charge < -0.3 is 0 Å². The van der Waals surface area contributed by atoms with Gasteiger partial charge in [-0.15, -0.1) is 0 Å². The number of rotatable bonds is 4. The van der Waals surface area contributed by atoms with Gasteiger partial charge in [0.05, 0.1) is 17.4 Å². The lowest BCUT2D eigenvalue weighted by molar-refractivity contribution is 0.568. The zero-order valence-electron chi connectivity index (χ0n) is 12.6. The number of hydrogen-bond acceptors (Lipinski definition) is 4. The summed E-state index contributed by atoms with van der Waals surface area (Å²) in [7, 11) is 0. The highest BCUT2D eigenvalue weighted by Crippen LogP contribution is 2.18. The molecule has 1 N–H and O–H groups in total. The van der Waals surface area contributed by atoms with Crippen LogP contribution in [0.2, 0.25) is 0 Å². The number of nitrogens with one attached hydrogen (secondary N) is 1. The first-order valence-corrected chi connectivity index (χ1v) is 6.83. The summed E-state index contributed by atoms with van der Waals surface area (Å²) < 4.78 is 3.45. The average molecular weight is 275 g/mol. The highest BCUT2D eigenvalue weighted by molar-refractivity contribution is 5.80. The number of hydrogen-bond donors (Lipinski definition) is 1. The number of nitrogens with zero attached hydrogens (tertiary/aromatic N) is 4. The first-order chi connectivity index (χ1) is 9.45. The summed E-state index contributed by atoms with van der Waals surface area (Å²) in [6, 6.07) is 2.00. The van der Waals surface area contributed by atoms with Crippen molar-refractivity contribution in [2.24, 2.45) is 5.10 Å². The molecule has 0 aliphatic rings. The predicted molar refractivity (Wildman–Crippen MR) is 82.5 cm³/mol. The number of aryl methyl sites for hydroxylation is 1. The van der Waals surface area contributed by atoms with Crippen molar-refractivity contribution in [3.05, 3.63) is 22.7 Å². The fraction of sp³-hybridized carbons (Fsp3) is 0.500. The molecule has 0 spiro atoms. The van der Waals surface area contributed by atoms with E-state index in [0.29, 0.717) is 6.54 Å². The third kappa shape index (κ3) is 2.45. The van der Waals surface area contributed by atoms with Crippen LogP contribution in [-0.4, -0.2) is 19.8 Å². The van der Waals surface area contributed by atoms with Crippen molar-refractivity contribution >= 4 is 22.6 Å². The van der Waals surface area contributed by atoms with Crippen molar-refractivity contribution in [3.8, 4) is 0 Å². The van der Waals surface area contributed by atoms with E-state index in [1.165, 1.54) is 0 Å². The van der Waals surface area contributed by atoms with Crippen molar-refractivity contribution in [2.75, 3.05) is 5.43 Å². The van der Waals surface area contributed by atoms with Gasteiger partial charge >= 0.3 is 5.69 Å². The maximum atomic E-state index is 12.4. The van der Waals surface area contributed by atoms with E-state index in [-0.39, 0.29) is 11.7 Å². The Bertz CT molecular complexity index is 704. The summed E-state index contributed by atoms with van der Waals surface area (Å²) in [5.74, 6) is 0. The zero-order valence-corrected chi connectivity index (χ0v) is 12.6. The van der Waals surface area contributed by atoms with Crippen LogP contribution in [-0.2, 0) is 6.54 Å². The molecule has 2 heterocycles. The van der Waals surface area contributed by atoms with Crippen molar-refractivity contribution in [1.29, 1.82) is 0 Å². The van der Waals surface area contributed by atoms with Gasteiger partial charge in [0.1, 0.15) is 0 Å². The standard InChI is InChI=1S/C14H21N5O/c1-6-18-12-7-11(17-16-9(2)3)8-15-13(12)19(10(4)5)14(18)20/h7-8,10,17H,6H2,1-5H3. The SMILES string of the molecule is CCn1c(=O)n(C(C)C)c2ncc(NN=C(C)C)cc21. The first kappa shape index (κ1) is 14.3. The highest BCUT2D eigenvalue weighted by Gasteiger charge is 2.15. The zero-order chi connectivity index (χ0) is 14.9. The molecular weight excluding hydrogens is 254 g/mol. The fourth-order valence-electron chi connectivity index (χ4n) is 2.16. The van der Waals surface area contributed by atoms with E-state index in [1.807, 2.05) is 40.7 Å². The van der Waals surface area contributed by atoms with Crippen molar-refractivity contribution in [1.82, 2.24) is 14.1 Å². The number of pyridine rings is 1. The van der Waals surface area contributed by atoms with E-state index in [4.69, 9.17) is 0 Å². The van der Waals surface area contributed by atoms with Gasteiger partial charge in [0, 0.05) is 18.3 Å². The number of hydrazone groups is 1. The topological polar surface area (TPSA) is 64.2 Å². The molecule has 0 unspecified atom stereocenters. The largest absolute Gasteiger partial charge is 0.330 e. The Morgan fingerprint density at radius 1 is 1.45 bits per heavy atom. The van der Waals surface area contributed by atoms with Gasteiger partial charge in [-0.3, -0.25) is 14.6 Å². The van der Waals surface area contributed by atoms with Crippen LogP contribution in [0, 0.1) is 0 Å². The summed E-state index contributed by atoms with van der Waals surface area (Å²) >= 11 is 0. The third-order valence-corrected chi connectivity index (χ3v) is 3.04. The molecular formula is C14H21N5O. The molecule has 6 nitrogen and oxygen atoms in total. The minimum Gasteiger partial charge on any atom is -0.290 e. The lowest BCUT2D eigenvalue weighted by atomic mass is 10.3. The molecule has 2 aromatic rings. The Hall–Kier alpha value is -2.11. The summed E-state index contributed by atoms with van der Waals surface area (Å²) in [4.78, 5) is 16.8. The van der Waals surface area contributed by atoms with E-state index in [9.17, 15) is 4.79 Å². The van der Waals surface area contributed by atoms with E-state index in [2.05, 4.69) is 15.5 Å². The van der Waals surface area contributed by atoms with Crippen LogP contribution in [0.5, 0.6) is 0 Å². The van der Waals surface area contributed by atoms with Gasteiger partial charge in [-0.1, -0.05) is 0 Å². The first-order valence-electron chi connectivity index (χ1n) is 6.83. The number of imidazole rings is 1. The van der Waals surface area contributed by atoms with E-state index >= 15 is 0 Å². The average Bonchev–Trinajstić information content (AvgIpc) is 2.67. The Kier molecular flexibility index (Phi) is 3.92. The maximum absolute atomic E-state index is 12.4. The van der Waals surface area contributed by atoms with Crippen molar-refractivity contribution in [3.63, 3.8) is 0 Å². The lowest BCUT2D eigenvalue weighted by Gasteiger charge is -2.06. The molecule has 0 radical (unpaired) electrons. The number of aromatic nitrogens is 3. The van der Waals surface area contributed by atoms with E-state index in [1.54, 1.807) is 15.3 Å². The van der Waals surface area contributed by atoms with Crippen LogP contribution >= 0.6 is 0 Å². The molecule has 0 fully saturated rings. The summed E-state index contributed by atoms with van der Waals surface area (Å²) in [5.41, 5.74) is 6.19. The van der Waals surface area contributed by atoms with Gasteiger partial charge in [-0.25, -0.2) is 9.78 Å². The minimum absolute atomic E-state index is 0.0164. The smallest absolute Gasteiger partial charge is 0.290 e. The molecule has 0 bridgehead atoms. The second-order valence-electron chi connectivity index (χ2n) is 5.23. The van der Waals surface area contributed by atoms with Crippen LogP contribution in [0.4, 0.5) is 5.69 Å². The predicted octanol–water partition coefficient (Wildman–Crippen LogP) is 2.61. The minimum atomic E-state index is -0.0164. The highest BCUT2D eigenvalue weighted by atomic mass is 16.1. The molecule has 0 aliphatic heterocycles. The molecule has 108 valence electrons. The van der Waals surface area contributed by atoms with Crippen LogP contribution in [0.25, 0.3) is 11.2 Å². The number of fused-ring (bicyclic) bond motifs is 1. The van der Waals surface area contributed by atoms with E-state index in [0.717, 1.165) is 22.6 Å². The lowest BCUT2D eigenvalue weighted by Crippen LogP contribution is -2.25. The monoisotopic (exact) mass is 275 g/mol. The molecule has 6 heteroatoms. The molecule has 0 saturated carbocycles. The van der Waals surface area contributed by atoms with Gasteiger partial charge in [0.25, 0.3) is 0 Å². The Labute approximate surface area is 118 Å². The van der Waals surface area contributed by atoms with Crippen molar-refractivity contribution in [2.45, 2.75) is 47.2 Å². The van der Waals surface area contributed by atoms with Crippen LogP contribution < -0.4 is 11.1 Å². The van der Waals surface area contributed by atoms with Gasteiger partial charge in [0.15, 0.2) is 5.65 Å². The molecule has 2 rings (SSSR count). The quantitative estimate of drug-likeness (QED) is 0.689. The van der Waals surface area contributed by atoms with Crippen molar-refractivity contribution < 1.29 is 0 Å². The van der Waals surface area contributed by atoms with Crippen LogP contribution in [0.15, 0.2) is 22.2 Å². The molecule has 0 saturated heterocycles. The molecule has 0 amide bonds. The summed E-state index contributed by atoms with van der Waals surface area (Å²) in [5, 5.41) is 4.15. The summed E-state index contributed by atoms with van der Waals surface area (Å²) in [6.45, 7) is 10.4. The second-order valence-corrected chi connectivity index (χ2v) is 5.23. The van der Waals surface area contributed by atoms with Gasteiger partial charge in [-0.05, 0) is 40.7 Å². The Morgan fingerprint density at radius 2 is 2.15 bits per heavy atom. The molecule has 2 aromatic heterocycles. The molecule has 0 atom stereocenters. The number of anilines is 1. The normalized spacial score (nSPS) is 11.1. The Morgan fingerprint density at radius 3 is 2.70 bits per heavy atom. The molecule has 20 heavy (non-hydrogen) atoms. The van der Waals surface area contributed by atoms with Crippen LogP contribution in [0.3, 0.4) is 0 Å². The molecule has 0 aliphatic carbocycles. The van der Waals surface area contributed by atoms with Crippen LogP contribution in [0.1, 0.15) is 40.7 Å². The molecule has 0 aromatic carbocycles. The maximum Gasteiger partial charge on any atom is 0.330 e. The third-order valence-electron chi connectivity index (χ3n) is 3.04. The van der Waals surface area contributed by atoms with Gasteiger partial charge in [0.2, 0.25) is 0 Å². The summed E-state index contributed by atoms with van der Waals surface area (Å²) in [6.07, 6.45) is 1.70. The fourth-order valence-corrected chi connectivity index (χ4v) is 2.16. The second kappa shape index (κ2) is 5.48. The van der Waals surface area contributed by atoms with Gasteiger partial charge in [-0.2, -0.15) is 5.10 Å². The van der Waals surface area contributed by atoms with E-state index < -0.39 is 0 Å².